The second-order valence-corrected chi connectivity index (χ2v) is 6.86. The van der Waals surface area contributed by atoms with Gasteiger partial charge in [-0.2, -0.15) is 13.2 Å². The van der Waals surface area contributed by atoms with Crippen LogP contribution in [-0.4, -0.2) is 30.3 Å². The maximum absolute atomic E-state index is 13.4. The maximum atomic E-state index is 13.4. The molecule has 1 fully saturated rings. The molecule has 11 heteroatoms. The van der Waals surface area contributed by atoms with Gasteiger partial charge in [0, 0.05) is 27.2 Å². The Morgan fingerprint density at radius 2 is 1.97 bits per heavy atom. The second kappa shape index (κ2) is 7.69. The van der Waals surface area contributed by atoms with Crippen molar-refractivity contribution in [3.8, 4) is 11.3 Å². The number of pyridine rings is 1. The van der Waals surface area contributed by atoms with E-state index in [0.29, 0.717) is 11.1 Å². The Kier molecular flexibility index (Phi) is 5.04. The topological polar surface area (TPSA) is 111 Å². The fraction of sp³-hybridized carbons (Fsp3) is 0.200. The van der Waals surface area contributed by atoms with E-state index in [9.17, 15) is 22.8 Å². The number of carbonyl (C=O) groups is 1. The minimum absolute atomic E-state index is 0.0190. The molecule has 2 aromatic carbocycles. The van der Waals surface area contributed by atoms with Crippen molar-refractivity contribution in [3.05, 3.63) is 74.9 Å². The number of halogens is 3. The van der Waals surface area contributed by atoms with Crippen LogP contribution < -0.4 is 10.5 Å². The first-order valence-electron chi connectivity index (χ1n) is 9.10. The second-order valence-electron chi connectivity index (χ2n) is 6.86. The fourth-order valence-corrected chi connectivity index (χ4v) is 3.48. The van der Waals surface area contributed by atoms with Crippen molar-refractivity contribution in [2.24, 2.45) is 5.11 Å². The summed E-state index contributed by atoms with van der Waals surface area (Å²) in [6, 6.07) is 11.0. The van der Waals surface area contributed by atoms with Gasteiger partial charge in [-0.05, 0) is 35.2 Å². The number of azide groups is 1. The zero-order valence-electron chi connectivity index (χ0n) is 15.8. The number of hydrogen-bond acceptors (Lipinski definition) is 4. The van der Waals surface area contributed by atoms with Crippen LogP contribution in [0.1, 0.15) is 5.56 Å². The molecule has 1 amide bonds. The zero-order valence-corrected chi connectivity index (χ0v) is 15.8. The molecule has 0 unspecified atom stereocenters. The van der Waals surface area contributed by atoms with E-state index in [0.717, 1.165) is 6.07 Å². The number of rotatable bonds is 4. The van der Waals surface area contributed by atoms with E-state index in [-0.39, 0.29) is 29.7 Å². The van der Waals surface area contributed by atoms with Crippen molar-refractivity contribution >= 4 is 22.6 Å². The lowest BCUT2D eigenvalue weighted by atomic mass is 10.0. The number of nitrogens with one attached hydrogen (secondary N) is 1. The van der Waals surface area contributed by atoms with Crippen molar-refractivity contribution in [2.75, 3.05) is 18.0 Å². The Bertz CT molecular complexity index is 1280. The summed E-state index contributed by atoms with van der Waals surface area (Å²) in [6.07, 6.45) is -5.84. The molecule has 1 aliphatic heterocycles. The van der Waals surface area contributed by atoms with Crippen LogP contribution in [0.25, 0.3) is 32.5 Å². The largest absolute Gasteiger partial charge is 0.444 e. The maximum Gasteiger partial charge on any atom is 0.417 e. The van der Waals surface area contributed by atoms with Gasteiger partial charge in [0.05, 0.1) is 18.7 Å². The molecular formula is C20H14F3N5O3. The average molecular weight is 429 g/mol. The molecule has 0 aliphatic carbocycles. The first-order chi connectivity index (χ1) is 14.8. The Hall–Kier alpha value is -3.98. The highest BCUT2D eigenvalue weighted by molar-refractivity contribution is 5.94. The molecule has 0 saturated carbocycles. The van der Waals surface area contributed by atoms with Crippen LogP contribution >= 0.6 is 0 Å². The SMILES string of the molecule is [N-]=[N+]=NC[C@@H]1CN(c2ccc3cc(-c4ccccc4C(F)(F)F)[nH]c(=O)c3c2)C(=O)O1. The first kappa shape index (κ1) is 20.3. The van der Waals surface area contributed by atoms with E-state index < -0.39 is 29.5 Å². The number of nitrogens with zero attached hydrogens (tertiary/aromatic N) is 4. The number of fused-ring (bicyclic) bond motifs is 1. The Morgan fingerprint density at radius 3 is 2.71 bits per heavy atom. The normalized spacial score (nSPS) is 16.3. The van der Waals surface area contributed by atoms with Gasteiger partial charge in [0.15, 0.2) is 0 Å². The number of cyclic esters (lactones) is 1. The zero-order chi connectivity index (χ0) is 22.2. The highest BCUT2D eigenvalue weighted by Crippen LogP contribution is 2.36. The molecule has 1 saturated heterocycles. The Morgan fingerprint density at radius 1 is 1.19 bits per heavy atom. The van der Waals surface area contributed by atoms with Crippen LogP contribution in [-0.2, 0) is 10.9 Å². The highest BCUT2D eigenvalue weighted by atomic mass is 19.4. The van der Waals surface area contributed by atoms with E-state index in [2.05, 4.69) is 15.0 Å². The summed E-state index contributed by atoms with van der Waals surface area (Å²) >= 11 is 0. The van der Waals surface area contributed by atoms with E-state index >= 15 is 0 Å². The standard InChI is InChI=1S/C20H14F3N5O3/c21-20(22,23)16-4-2-1-3-14(16)17-7-11-5-6-12(8-15(11)18(29)26-17)28-10-13(9-25-27-24)31-19(28)30/h1-8,13H,9-10H2,(H,26,29)/t13-/m1/s1. The summed E-state index contributed by atoms with van der Waals surface area (Å²) in [7, 11) is 0. The molecule has 0 spiro atoms. The minimum Gasteiger partial charge on any atom is -0.444 e. The molecule has 2 heterocycles. The van der Waals surface area contributed by atoms with E-state index in [1.54, 1.807) is 12.1 Å². The minimum atomic E-state index is -4.57. The van der Waals surface area contributed by atoms with Gasteiger partial charge in [-0.3, -0.25) is 9.69 Å². The van der Waals surface area contributed by atoms with Crippen molar-refractivity contribution < 1.29 is 22.7 Å². The van der Waals surface area contributed by atoms with Gasteiger partial charge in [0.2, 0.25) is 0 Å². The van der Waals surface area contributed by atoms with Crippen molar-refractivity contribution in [3.63, 3.8) is 0 Å². The number of ether oxygens (including phenoxy) is 1. The van der Waals surface area contributed by atoms with Crippen LogP contribution in [0.4, 0.5) is 23.7 Å². The third kappa shape index (κ3) is 3.90. The van der Waals surface area contributed by atoms with Crippen LogP contribution in [0.15, 0.2) is 58.4 Å². The van der Waals surface area contributed by atoms with Crippen molar-refractivity contribution in [1.29, 1.82) is 0 Å². The quantitative estimate of drug-likeness (QED) is 0.363. The van der Waals surface area contributed by atoms with Crippen LogP contribution in [0.5, 0.6) is 0 Å². The van der Waals surface area contributed by atoms with Crippen LogP contribution in [0, 0.1) is 0 Å². The Labute approximate surface area is 172 Å². The van der Waals surface area contributed by atoms with Crippen molar-refractivity contribution in [2.45, 2.75) is 12.3 Å². The molecule has 0 bridgehead atoms. The summed E-state index contributed by atoms with van der Waals surface area (Å²) in [4.78, 5) is 31.2. The number of anilines is 1. The summed E-state index contributed by atoms with van der Waals surface area (Å²) in [6.45, 7) is 0.118. The number of benzene rings is 2. The Balaban J connectivity index is 1.73. The molecule has 8 nitrogen and oxygen atoms in total. The number of hydrogen-bond donors (Lipinski definition) is 1. The number of aromatic nitrogens is 1. The first-order valence-corrected chi connectivity index (χ1v) is 9.10. The molecule has 1 aliphatic rings. The molecule has 3 aromatic rings. The summed E-state index contributed by atoms with van der Waals surface area (Å²) in [5.41, 5.74) is 7.23. The van der Waals surface area contributed by atoms with Gasteiger partial charge in [-0.15, -0.1) is 0 Å². The summed E-state index contributed by atoms with van der Waals surface area (Å²) < 4.78 is 45.2. The molecule has 1 N–H and O–H groups in total. The smallest absolute Gasteiger partial charge is 0.417 e. The van der Waals surface area contributed by atoms with Gasteiger partial charge in [0.25, 0.3) is 5.56 Å². The summed E-state index contributed by atoms with van der Waals surface area (Å²) in [5, 5.41) is 4.00. The van der Waals surface area contributed by atoms with Crippen LogP contribution in [0.2, 0.25) is 0 Å². The number of carbonyl (C=O) groups excluding carboxylic acids is 1. The molecule has 0 radical (unpaired) electrons. The van der Waals surface area contributed by atoms with Gasteiger partial charge >= 0.3 is 12.3 Å². The number of aromatic amines is 1. The lowest BCUT2D eigenvalue weighted by molar-refractivity contribution is -0.137. The predicted molar refractivity (Wildman–Crippen MR) is 107 cm³/mol. The highest BCUT2D eigenvalue weighted by Gasteiger charge is 2.34. The van der Waals surface area contributed by atoms with Gasteiger partial charge < -0.3 is 9.72 Å². The van der Waals surface area contributed by atoms with Gasteiger partial charge in [-0.1, -0.05) is 29.4 Å². The lowest BCUT2D eigenvalue weighted by Gasteiger charge is -2.15. The van der Waals surface area contributed by atoms with E-state index in [1.165, 1.54) is 35.2 Å². The van der Waals surface area contributed by atoms with Gasteiger partial charge in [0.1, 0.15) is 6.10 Å². The monoisotopic (exact) mass is 429 g/mol. The average Bonchev–Trinajstić information content (AvgIpc) is 3.12. The molecule has 158 valence electrons. The fourth-order valence-electron chi connectivity index (χ4n) is 3.48. The van der Waals surface area contributed by atoms with Crippen LogP contribution in [0.3, 0.4) is 0 Å². The third-order valence-corrected chi connectivity index (χ3v) is 4.89. The number of amides is 1. The number of alkyl halides is 3. The third-order valence-electron chi connectivity index (χ3n) is 4.89. The number of H-pyrrole nitrogens is 1. The molecule has 1 aromatic heterocycles. The van der Waals surface area contributed by atoms with E-state index in [4.69, 9.17) is 10.3 Å². The summed E-state index contributed by atoms with van der Waals surface area (Å²) in [5.74, 6) is 0. The van der Waals surface area contributed by atoms with E-state index in [1.807, 2.05) is 0 Å². The lowest BCUT2D eigenvalue weighted by Crippen LogP contribution is -2.25. The molecule has 4 rings (SSSR count). The predicted octanol–water partition coefficient (Wildman–Crippen LogP) is 4.85. The van der Waals surface area contributed by atoms with Gasteiger partial charge in [-0.25, -0.2) is 4.79 Å². The molecular weight excluding hydrogens is 415 g/mol. The van der Waals surface area contributed by atoms with Crippen molar-refractivity contribution in [1.82, 2.24) is 4.98 Å². The molecule has 31 heavy (non-hydrogen) atoms. The molecule has 1 atom stereocenters.